The van der Waals surface area contributed by atoms with E-state index in [0.29, 0.717) is 22.3 Å². The van der Waals surface area contributed by atoms with Gasteiger partial charge in [0, 0.05) is 16.8 Å². The van der Waals surface area contributed by atoms with Crippen LogP contribution in [-0.4, -0.2) is 44.3 Å². The topological polar surface area (TPSA) is 149 Å². The third-order valence-corrected chi connectivity index (χ3v) is 7.27. The molecule has 1 radical (unpaired) electrons. The predicted octanol–water partition coefficient (Wildman–Crippen LogP) is 7.32. The number of carboxylic acid groups (broad SMARTS) is 4. The molecular weight excluding hydrogens is 631 g/mol. The van der Waals surface area contributed by atoms with E-state index in [9.17, 15) is 39.6 Å². The van der Waals surface area contributed by atoms with Gasteiger partial charge in [-0.15, -0.1) is 6.42 Å². The summed E-state index contributed by atoms with van der Waals surface area (Å²) in [7, 11) is 0. The molecule has 0 atom stereocenters. The number of benzene rings is 4. The van der Waals surface area contributed by atoms with E-state index < -0.39 is 23.9 Å². The van der Waals surface area contributed by atoms with E-state index in [1.807, 2.05) is 12.2 Å². The van der Waals surface area contributed by atoms with Gasteiger partial charge in [0.2, 0.25) is 0 Å². The average Bonchev–Trinajstić information content (AvgIpc) is 3.62. The minimum Gasteiger partial charge on any atom is -0.478 e. The maximum absolute atomic E-state index is 11.5. The second kappa shape index (κ2) is 14.3. The zero-order valence-electron chi connectivity index (χ0n) is 23.9. The SMILES string of the molecule is O=C(O)c1ccc(C2=C(c3ccc(C(=O)O)cc3)C(c3ccc(C(=O)O)cc3)=C2c2ccc(C(=O)O)cc2)cc1.[C-]1=CC=CC1.[Co]. The molecule has 4 aromatic carbocycles. The molecule has 2 aliphatic carbocycles. The summed E-state index contributed by atoms with van der Waals surface area (Å²) in [6, 6.07) is 25.3. The van der Waals surface area contributed by atoms with E-state index in [4.69, 9.17) is 0 Å². The van der Waals surface area contributed by atoms with Crippen LogP contribution in [0.15, 0.2) is 115 Å². The quantitative estimate of drug-likeness (QED) is 0.144. The van der Waals surface area contributed by atoms with Crippen LogP contribution in [0.2, 0.25) is 0 Å². The molecule has 0 fully saturated rings. The van der Waals surface area contributed by atoms with E-state index in [2.05, 4.69) is 12.2 Å². The van der Waals surface area contributed by atoms with Gasteiger partial charge in [-0.2, -0.15) is 6.08 Å². The Morgan fingerprint density at radius 2 is 0.674 bits per heavy atom. The van der Waals surface area contributed by atoms with Crippen LogP contribution in [0.25, 0.3) is 22.3 Å². The molecule has 6 rings (SSSR count). The van der Waals surface area contributed by atoms with Gasteiger partial charge in [0.05, 0.1) is 22.3 Å². The van der Waals surface area contributed by atoms with Crippen molar-refractivity contribution in [3.8, 4) is 0 Å². The van der Waals surface area contributed by atoms with Crippen molar-refractivity contribution >= 4 is 46.2 Å². The van der Waals surface area contributed by atoms with E-state index in [1.54, 1.807) is 48.5 Å². The fourth-order valence-corrected chi connectivity index (χ4v) is 5.05. The molecular formula is C37H25CoO8-. The zero-order valence-corrected chi connectivity index (χ0v) is 25.0. The Kier molecular flexibility index (Phi) is 10.3. The third-order valence-electron chi connectivity index (χ3n) is 7.27. The minimum absolute atomic E-state index is 0. The molecule has 8 nitrogen and oxygen atoms in total. The minimum atomic E-state index is -1.07. The average molecular weight is 657 g/mol. The normalized spacial score (nSPS) is 12.9. The van der Waals surface area contributed by atoms with Crippen molar-refractivity contribution in [2.75, 3.05) is 0 Å². The largest absolute Gasteiger partial charge is 0.478 e. The maximum Gasteiger partial charge on any atom is 0.335 e. The van der Waals surface area contributed by atoms with E-state index in [1.165, 1.54) is 48.5 Å². The summed E-state index contributed by atoms with van der Waals surface area (Å²) in [4.78, 5) is 45.9. The van der Waals surface area contributed by atoms with Crippen molar-refractivity contribution in [3.05, 3.63) is 166 Å². The molecule has 9 heteroatoms. The molecule has 231 valence electrons. The number of rotatable bonds is 8. The molecule has 2 aliphatic rings. The van der Waals surface area contributed by atoms with Crippen LogP contribution in [-0.2, 0) is 16.8 Å². The Morgan fingerprint density at radius 3 is 0.804 bits per heavy atom. The van der Waals surface area contributed by atoms with Gasteiger partial charge >= 0.3 is 23.9 Å². The fraction of sp³-hybridized carbons (Fsp3) is 0.0270. The number of carbonyl (C=O) groups is 4. The van der Waals surface area contributed by atoms with Crippen LogP contribution >= 0.6 is 0 Å². The van der Waals surface area contributed by atoms with Gasteiger partial charge in [-0.3, -0.25) is 6.08 Å². The first-order chi connectivity index (χ1) is 21.7. The van der Waals surface area contributed by atoms with Crippen LogP contribution in [0.1, 0.15) is 70.1 Å². The zero-order chi connectivity index (χ0) is 32.1. The van der Waals surface area contributed by atoms with Gasteiger partial charge in [0.15, 0.2) is 0 Å². The van der Waals surface area contributed by atoms with Crippen LogP contribution < -0.4 is 0 Å². The summed E-state index contributed by atoms with van der Waals surface area (Å²) in [6.07, 6.45) is 10.0. The molecule has 0 aliphatic heterocycles. The van der Waals surface area contributed by atoms with Crippen LogP contribution in [0.4, 0.5) is 0 Å². The Morgan fingerprint density at radius 1 is 0.435 bits per heavy atom. The van der Waals surface area contributed by atoms with Gasteiger partial charge in [-0.05, 0) is 93.1 Å². The van der Waals surface area contributed by atoms with Gasteiger partial charge in [0.1, 0.15) is 0 Å². The molecule has 0 amide bonds. The van der Waals surface area contributed by atoms with Gasteiger partial charge < -0.3 is 20.4 Å². The summed E-state index contributed by atoms with van der Waals surface area (Å²) >= 11 is 0. The van der Waals surface area contributed by atoms with Crippen LogP contribution in [0, 0.1) is 6.08 Å². The van der Waals surface area contributed by atoms with Crippen molar-refractivity contribution < 1.29 is 56.4 Å². The Bertz CT molecular complexity index is 1640. The molecule has 0 heterocycles. The number of aromatic carboxylic acids is 4. The Balaban J connectivity index is 0.000000731. The number of carboxylic acids is 4. The van der Waals surface area contributed by atoms with E-state index in [-0.39, 0.29) is 39.0 Å². The number of hydrogen-bond donors (Lipinski definition) is 4. The van der Waals surface area contributed by atoms with Gasteiger partial charge in [-0.25, -0.2) is 31.3 Å². The van der Waals surface area contributed by atoms with Crippen LogP contribution in [0.5, 0.6) is 0 Å². The molecule has 4 aromatic rings. The van der Waals surface area contributed by atoms with Gasteiger partial charge in [-0.1, -0.05) is 48.5 Å². The Labute approximate surface area is 274 Å². The van der Waals surface area contributed by atoms with E-state index in [0.717, 1.165) is 28.7 Å². The standard InChI is InChI=1S/C32H20O8.C5H5.Co/c33-29(34)21-9-1-17(2-10-21)25-26(18-3-11-22(12-4-18)30(35)36)28(20-7-15-24(16-8-20)32(39)40)27(25)19-5-13-23(14-6-19)31(37)38;1-2-4-5-3-1;/h1-16H,(H,33,34)(H,35,36)(H,37,38)(H,39,40);1-3H,4H2;/q;-1;. The van der Waals surface area contributed by atoms with Crippen LogP contribution in [0.3, 0.4) is 0 Å². The second-order valence-electron chi connectivity index (χ2n) is 10.0. The summed E-state index contributed by atoms with van der Waals surface area (Å²) in [5.74, 6) is -4.29. The molecule has 0 bridgehead atoms. The van der Waals surface area contributed by atoms with E-state index >= 15 is 0 Å². The molecule has 4 N–H and O–H groups in total. The molecule has 0 saturated heterocycles. The molecule has 0 aromatic heterocycles. The smallest absolute Gasteiger partial charge is 0.335 e. The van der Waals surface area contributed by atoms with Crippen molar-refractivity contribution in [2.45, 2.75) is 6.42 Å². The summed E-state index contributed by atoms with van der Waals surface area (Å²) < 4.78 is 0. The van der Waals surface area contributed by atoms with Crippen molar-refractivity contribution in [1.29, 1.82) is 0 Å². The summed E-state index contributed by atoms with van der Waals surface area (Å²) in [5, 5.41) is 37.5. The van der Waals surface area contributed by atoms with Crippen molar-refractivity contribution in [1.82, 2.24) is 0 Å². The molecule has 0 spiro atoms. The van der Waals surface area contributed by atoms with Gasteiger partial charge in [0.25, 0.3) is 0 Å². The number of allylic oxidation sites excluding steroid dienone is 8. The van der Waals surface area contributed by atoms with Crippen molar-refractivity contribution in [3.63, 3.8) is 0 Å². The predicted molar refractivity (Wildman–Crippen MR) is 169 cm³/mol. The first kappa shape index (κ1) is 33.1. The summed E-state index contributed by atoms with van der Waals surface area (Å²) in [6.45, 7) is 0. The first-order valence-electron chi connectivity index (χ1n) is 13.7. The molecule has 0 unspecified atom stereocenters. The van der Waals surface area contributed by atoms with Crippen molar-refractivity contribution in [2.24, 2.45) is 0 Å². The molecule has 0 saturated carbocycles. The fourth-order valence-electron chi connectivity index (χ4n) is 5.05. The monoisotopic (exact) mass is 656 g/mol. The first-order valence-corrected chi connectivity index (χ1v) is 13.7. The number of hydrogen-bond acceptors (Lipinski definition) is 4. The molecule has 46 heavy (non-hydrogen) atoms. The third kappa shape index (κ3) is 6.96. The maximum atomic E-state index is 11.5. The Hall–Kier alpha value is -5.77. The summed E-state index contributed by atoms with van der Waals surface area (Å²) in [5.41, 5.74) is 6.23. The second-order valence-corrected chi connectivity index (χ2v) is 10.0.